The van der Waals surface area contributed by atoms with Crippen LogP contribution in [0, 0.1) is 0 Å². The van der Waals surface area contributed by atoms with E-state index in [9.17, 15) is 13.2 Å². The van der Waals surface area contributed by atoms with Crippen LogP contribution in [-0.2, 0) is 6.18 Å². The molecule has 0 radical (unpaired) electrons. The van der Waals surface area contributed by atoms with Crippen LogP contribution >= 0.6 is 24.0 Å². The van der Waals surface area contributed by atoms with Gasteiger partial charge in [-0.05, 0) is 43.0 Å². The van der Waals surface area contributed by atoms with Crippen LogP contribution in [0.25, 0.3) is 0 Å². The molecule has 0 saturated carbocycles. The minimum atomic E-state index is -4.46. The molecular formula is C14H19F3N2S2. The number of alkyl halides is 3. The van der Waals surface area contributed by atoms with Crippen molar-refractivity contribution in [1.82, 2.24) is 0 Å². The molecule has 0 aromatic heterocycles. The van der Waals surface area contributed by atoms with E-state index in [-0.39, 0.29) is 16.6 Å². The van der Waals surface area contributed by atoms with Gasteiger partial charge in [0.2, 0.25) is 0 Å². The van der Waals surface area contributed by atoms with Gasteiger partial charge < -0.3 is 11.1 Å². The zero-order chi connectivity index (χ0) is 16.0. The topological polar surface area (TPSA) is 38.0 Å². The maximum absolute atomic E-state index is 12.9. The van der Waals surface area contributed by atoms with Crippen molar-refractivity contribution in [1.29, 1.82) is 0 Å². The lowest BCUT2D eigenvalue weighted by Gasteiger charge is -2.18. The van der Waals surface area contributed by atoms with Gasteiger partial charge in [-0.15, -0.1) is 0 Å². The summed E-state index contributed by atoms with van der Waals surface area (Å²) in [5, 5.41) is 3.18. The van der Waals surface area contributed by atoms with Crippen LogP contribution < -0.4 is 11.1 Å². The molecule has 21 heavy (non-hydrogen) atoms. The smallest absolute Gasteiger partial charge is 0.389 e. The SMILES string of the molecule is CCSCCC(C)Nc1ccc(C(F)(F)F)c(C(N)=S)c1. The summed E-state index contributed by atoms with van der Waals surface area (Å²) >= 11 is 6.56. The Labute approximate surface area is 132 Å². The molecule has 3 N–H and O–H groups in total. The largest absolute Gasteiger partial charge is 0.417 e. The van der Waals surface area contributed by atoms with Gasteiger partial charge in [0.1, 0.15) is 4.99 Å². The number of hydrogen-bond donors (Lipinski definition) is 2. The Kier molecular flexibility index (Phi) is 6.80. The van der Waals surface area contributed by atoms with E-state index in [1.165, 1.54) is 12.1 Å². The Hall–Kier alpha value is -0.950. The minimum absolute atomic E-state index is 0.141. The molecule has 1 aromatic carbocycles. The lowest BCUT2D eigenvalue weighted by Crippen LogP contribution is -2.20. The fourth-order valence-electron chi connectivity index (χ4n) is 1.85. The van der Waals surface area contributed by atoms with E-state index in [4.69, 9.17) is 18.0 Å². The fourth-order valence-corrected chi connectivity index (χ4v) is 2.82. The molecule has 2 nitrogen and oxygen atoms in total. The second-order valence-electron chi connectivity index (χ2n) is 4.65. The summed E-state index contributed by atoms with van der Waals surface area (Å²) in [6, 6.07) is 3.97. The molecule has 1 atom stereocenters. The second kappa shape index (κ2) is 7.89. The van der Waals surface area contributed by atoms with Crippen LogP contribution in [0.2, 0.25) is 0 Å². The van der Waals surface area contributed by atoms with E-state index in [1.54, 1.807) is 0 Å². The van der Waals surface area contributed by atoms with Crippen molar-refractivity contribution < 1.29 is 13.2 Å². The fraction of sp³-hybridized carbons (Fsp3) is 0.500. The summed E-state index contributed by atoms with van der Waals surface area (Å²) in [5.74, 6) is 2.06. The molecular weight excluding hydrogens is 317 g/mol. The van der Waals surface area contributed by atoms with E-state index in [0.717, 1.165) is 24.0 Å². The predicted octanol–water partition coefficient (Wildman–Crippen LogP) is 4.28. The van der Waals surface area contributed by atoms with E-state index < -0.39 is 11.7 Å². The first-order valence-corrected chi connectivity index (χ1v) is 8.17. The number of halogens is 3. The molecule has 0 aliphatic rings. The monoisotopic (exact) mass is 336 g/mol. The van der Waals surface area contributed by atoms with Crippen LogP contribution in [-0.4, -0.2) is 22.5 Å². The zero-order valence-corrected chi connectivity index (χ0v) is 13.6. The molecule has 1 unspecified atom stereocenters. The van der Waals surface area contributed by atoms with Gasteiger partial charge in [0.25, 0.3) is 0 Å². The standard InChI is InChI=1S/C14H19F3N2S2/c1-3-21-7-6-9(2)19-10-4-5-12(14(15,16)17)11(8-10)13(18)20/h4-5,8-9,19H,3,6-7H2,1-2H3,(H2,18,20). The Morgan fingerprint density at radius 1 is 1.43 bits per heavy atom. The molecule has 0 heterocycles. The average Bonchev–Trinajstić information content (AvgIpc) is 2.37. The Bertz CT molecular complexity index is 490. The number of thiocarbonyl (C=S) groups is 1. The first kappa shape index (κ1) is 18.1. The normalized spacial score (nSPS) is 13.0. The van der Waals surface area contributed by atoms with Crippen LogP contribution in [0.5, 0.6) is 0 Å². The molecule has 0 amide bonds. The lowest BCUT2D eigenvalue weighted by molar-refractivity contribution is -0.137. The van der Waals surface area contributed by atoms with Crippen molar-refractivity contribution in [3.05, 3.63) is 29.3 Å². The highest BCUT2D eigenvalue weighted by Crippen LogP contribution is 2.33. The van der Waals surface area contributed by atoms with Crippen LogP contribution in [0.4, 0.5) is 18.9 Å². The lowest BCUT2D eigenvalue weighted by atomic mass is 10.1. The molecule has 0 aliphatic heterocycles. The van der Waals surface area contributed by atoms with Crippen molar-refractivity contribution in [2.75, 3.05) is 16.8 Å². The minimum Gasteiger partial charge on any atom is -0.389 e. The number of thioether (sulfide) groups is 1. The van der Waals surface area contributed by atoms with Gasteiger partial charge in [-0.1, -0.05) is 19.1 Å². The predicted molar refractivity (Wildman–Crippen MR) is 88.0 cm³/mol. The summed E-state index contributed by atoms with van der Waals surface area (Å²) in [4.78, 5) is -0.250. The number of benzene rings is 1. The third-order valence-corrected chi connectivity index (χ3v) is 4.06. The third kappa shape index (κ3) is 5.74. The molecule has 1 aromatic rings. The summed E-state index contributed by atoms with van der Waals surface area (Å²) in [5.41, 5.74) is 5.07. The van der Waals surface area contributed by atoms with Crippen molar-refractivity contribution >= 4 is 34.7 Å². The number of anilines is 1. The maximum Gasteiger partial charge on any atom is 0.417 e. The first-order valence-electron chi connectivity index (χ1n) is 6.61. The van der Waals surface area contributed by atoms with Crippen molar-refractivity contribution in [2.45, 2.75) is 32.5 Å². The van der Waals surface area contributed by atoms with E-state index >= 15 is 0 Å². The first-order chi connectivity index (χ1) is 9.75. The molecule has 0 fully saturated rings. The van der Waals surface area contributed by atoms with E-state index in [2.05, 4.69) is 12.2 Å². The summed E-state index contributed by atoms with van der Waals surface area (Å²) in [7, 11) is 0. The number of rotatable bonds is 7. The van der Waals surface area contributed by atoms with Gasteiger partial charge >= 0.3 is 6.18 Å². The summed E-state index contributed by atoms with van der Waals surface area (Å²) in [6.07, 6.45) is -3.53. The second-order valence-corrected chi connectivity index (χ2v) is 6.49. The van der Waals surface area contributed by atoms with Gasteiger partial charge in [-0.2, -0.15) is 24.9 Å². The van der Waals surface area contributed by atoms with Crippen molar-refractivity contribution in [2.24, 2.45) is 5.73 Å². The van der Waals surface area contributed by atoms with Gasteiger partial charge in [0, 0.05) is 17.3 Å². The molecule has 0 saturated heterocycles. The average molecular weight is 336 g/mol. The Morgan fingerprint density at radius 2 is 2.10 bits per heavy atom. The van der Waals surface area contributed by atoms with Gasteiger partial charge in [-0.3, -0.25) is 0 Å². The Balaban J connectivity index is 2.86. The van der Waals surface area contributed by atoms with Gasteiger partial charge in [-0.25, -0.2) is 0 Å². The molecule has 1 rings (SSSR count). The number of nitrogens with two attached hydrogens (primary N) is 1. The van der Waals surface area contributed by atoms with Crippen LogP contribution in [0.3, 0.4) is 0 Å². The number of hydrogen-bond acceptors (Lipinski definition) is 3. The Morgan fingerprint density at radius 3 is 2.62 bits per heavy atom. The van der Waals surface area contributed by atoms with E-state index in [1.807, 2.05) is 18.7 Å². The summed E-state index contributed by atoms with van der Waals surface area (Å²) < 4.78 is 38.6. The van der Waals surface area contributed by atoms with Crippen LogP contribution in [0.15, 0.2) is 18.2 Å². The van der Waals surface area contributed by atoms with E-state index in [0.29, 0.717) is 5.69 Å². The van der Waals surface area contributed by atoms with Crippen LogP contribution in [0.1, 0.15) is 31.4 Å². The molecule has 0 aliphatic carbocycles. The van der Waals surface area contributed by atoms with Gasteiger partial charge in [0.15, 0.2) is 0 Å². The maximum atomic E-state index is 12.9. The van der Waals surface area contributed by atoms with Gasteiger partial charge in [0.05, 0.1) is 5.56 Å². The third-order valence-electron chi connectivity index (χ3n) is 2.90. The molecule has 7 heteroatoms. The number of nitrogens with one attached hydrogen (secondary N) is 1. The molecule has 0 spiro atoms. The summed E-state index contributed by atoms with van der Waals surface area (Å²) in [6.45, 7) is 4.08. The van der Waals surface area contributed by atoms with Crippen molar-refractivity contribution in [3.63, 3.8) is 0 Å². The van der Waals surface area contributed by atoms with Crippen molar-refractivity contribution in [3.8, 4) is 0 Å². The quantitative estimate of drug-likeness (QED) is 0.576. The highest BCUT2D eigenvalue weighted by molar-refractivity contribution is 7.99. The highest BCUT2D eigenvalue weighted by atomic mass is 32.2. The zero-order valence-electron chi connectivity index (χ0n) is 12.0. The highest BCUT2D eigenvalue weighted by Gasteiger charge is 2.34. The molecule has 0 bridgehead atoms. The molecule has 118 valence electrons.